The minimum atomic E-state index is -0.527. The molecule has 3 rings (SSSR count). The summed E-state index contributed by atoms with van der Waals surface area (Å²) in [5.41, 5.74) is 0.836. The summed E-state index contributed by atoms with van der Waals surface area (Å²) in [6, 6.07) is 9.87. The first-order chi connectivity index (χ1) is 11.2. The number of thiophene rings is 1. The molecule has 0 aliphatic heterocycles. The lowest BCUT2D eigenvalue weighted by Crippen LogP contribution is -2.05. The second-order valence-corrected chi connectivity index (χ2v) is 6.88. The second kappa shape index (κ2) is 6.84. The zero-order valence-electron chi connectivity index (χ0n) is 11.6. The Bertz CT molecular complexity index is 841. The number of hydrogen-bond donors (Lipinski definition) is 0. The summed E-state index contributed by atoms with van der Waals surface area (Å²) >= 11 is 4.82. The summed E-state index contributed by atoms with van der Waals surface area (Å²) in [6.45, 7) is -0.117. The van der Waals surface area contributed by atoms with E-state index in [1.165, 1.54) is 23.5 Å². The first-order valence-electron chi connectivity index (χ1n) is 6.46. The molecule has 2 heterocycles. The van der Waals surface area contributed by atoms with E-state index in [9.17, 15) is 9.59 Å². The van der Waals surface area contributed by atoms with Gasteiger partial charge in [-0.25, -0.2) is 4.79 Å². The van der Waals surface area contributed by atoms with Gasteiger partial charge in [-0.2, -0.15) is 0 Å². The number of ether oxygens (including phenoxy) is 1. The van der Waals surface area contributed by atoms with Crippen LogP contribution in [0.3, 0.4) is 0 Å². The number of carbonyl (C=O) groups excluding carboxylic acids is 2. The molecule has 0 saturated carbocycles. The van der Waals surface area contributed by atoms with Gasteiger partial charge in [-0.15, -0.1) is 21.5 Å². The zero-order chi connectivity index (χ0) is 16.2. The minimum absolute atomic E-state index is 0.117. The van der Waals surface area contributed by atoms with E-state index in [2.05, 4.69) is 26.1 Å². The molecule has 0 saturated heterocycles. The average Bonchev–Trinajstić information content (AvgIpc) is 3.21. The summed E-state index contributed by atoms with van der Waals surface area (Å²) in [4.78, 5) is 23.3. The molecule has 116 valence electrons. The number of carbonyl (C=O) groups is 2. The van der Waals surface area contributed by atoms with Gasteiger partial charge in [0, 0.05) is 5.56 Å². The van der Waals surface area contributed by atoms with Crippen LogP contribution in [-0.4, -0.2) is 22.5 Å². The zero-order valence-corrected chi connectivity index (χ0v) is 14.0. The Balaban J connectivity index is 1.62. The van der Waals surface area contributed by atoms with Crippen LogP contribution in [0.25, 0.3) is 10.8 Å². The van der Waals surface area contributed by atoms with Crippen molar-refractivity contribution in [2.75, 3.05) is 0 Å². The van der Waals surface area contributed by atoms with Gasteiger partial charge in [-0.05, 0) is 40.2 Å². The Labute approximate surface area is 143 Å². The Hall–Kier alpha value is -2.32. The third-order valence-corrected chi connectivity index (χ3v) is 4.47. The smallest absolute Gasteiger partial charge is 0.338 e. The van der Waals surface area contributed by atoms with Gasteiger partial charge in [0.15, 0.2) is 6.61 Å². The molecule has 0 N–H and O–H groups in total. The topological polar surface area (TPSA) is 82.3 Å². The number of esters is 1. The average molecular weight is 393 g/mol. The van der Waals surface area contributed by atoms with Crippen LogP contribution in [0.5, 0.6) is 0 Å². The van der Waals surface area contributed by atoms with Crippen molar-refractivity contribution in [3.63, 3.8) is 0 Å². The van der Waals surface area contributed by atoms with Crippen molar-refractivity contribution in [1.82, 2.24) is 10.2 Å². The molecule has 0 aliphatic carbocycles. The number of rotatable bonds is 5. The van der Waals surface area contributed by atoms with Crippen LogP contribution in [0.4, 0.5) is 0 Å². The molecule has 0 radical (unpaired) electrons. The van der Waals surface area contributed by atoms with Crippen LogP contribution < -0.4 is 0 Å². The molecule has 23 heavy (non-hydrogen) atoms. The molecule has 0 bridgehead atoms. The molecule has 8 heteroatoms. The summed E-state index contributed by atoms with van der Waals surface area (Å²) in [5, 5.41) is 7.76. The van der Waals surface area contributed by atoms with E-state index in [1.54, 1.807) is 12.1 Å². The fourth-order valence-corrected chi connectivity index (χ4v) is 3.06. The maximum Gasteiger partial charge on any atom is 0.338 e. The fraction of sp³-hybridized carbons (Fsp3) is 0.0667. The van der Waals surface area contributed by atoms with Gasteiger partial charge in [0.2, 0.25) is 0 Å². The van der Waals surface area contributed by atoms with Crippen molar-refractivity contribution < 1.29 is 18.7 Å². The Morgan fingerprint density at radius 2 is 2.00 bits per heavy atom. The molecule has 1 aromatic carbocycles. The van der Waals surface area contributed by atoms with Crippen molar-refractivity contribution >= 4 is 39.5 Å². The van der Waals surface area contributed by atoms with E-state index in [0.29, 0.717) is 23.3 Å². The summed E-state index contributed by atoms with van der Waals surface area (Å²) in [6.07, 6.45) is 0.706. The molecular weight excluding hydrogens is 384 g/mol. The van der Waals surface area contributed by atoms with E-state index >= 15 is 0 Å². The van der Waals surface area contributed by atoms with Gasteiger partial charge in [0.05, 0.1) is 14.2 Å². The summed E-state index contributed by atoms with van der Waals surface area (Å²) < 4.78 is 11.5. The molecule has 0 atom stereocenters. The van der Waals surface area contributed by atoms with Gasteiger partial charge in [-0.3, -0.25) is 4.79 Å². The Morgan fingerprint density at radius 1 is 1.22 bits per heavy atom. The highest BCUT2D eigenvalue weighted by atomic mass is 79.9. The number of benzene rings is 1. The molecule has 3 aromatic rings. The lowest BCUT2D eigenvalue weighted by Gasteiger charge is -2.01. The van der Waals surface area contributed by atoms with E-state index < -0.39 is 5.97 Å². The lowest BCUT2D eigenvalue weighted by atomic mass is 10.1. The van der Waals surface area contributed by atoms with E-state index in [0.717, 1.165) is 8.66 Å². The first-order valence-corrected chi connectivity index (χ1v) is 8.07. The highest BCUT2D eigenvalue weighted by Gasteiger charge is 2.13. The van der Waals surface area contributed by atoms with Crippen LogP contribution in [0, 0.1) is 0 Å². The number of aldehydes is 1. The molecule has 0 aliphatic rings. The Kier molecular flexibility index (Phi) is 4.63. The lowest BCUT2D eigenvalue weighted by molar-refractivity contribution is 0.0438. The number of hydrogen-bond acceptors (Lipinski definition) is 7. The highest BCUT2D eigenvalue weighted by molar-refractivity contribution is 9.11. The number of halogens is 1. The maximum atomic E-state index is 11.9. The molecule has 0 fully saturated rings. The number of nitrogens with zero attached hydrogens (tertiary/aromatic N) is 2. The van der Waals surface area contributed by atoms with Crippen molar-refractivity contribution in [2.24, 2.45) is 0 Å². The molecule has 0 unspecified atom stereocenters. The quantitative estimate of drug-likeness (QED) is 0.485. The summed E-state index contributed by atoms with van der Waals surface area (Å²) in [7, 11) is 0. The Morgan fingerprint density at radius 3 is 2.65 bits per heavy atom. The van der Waals surface area contributed by atoms with Gasteiger partial charge < -0.3 is 9.15 Å². The molecule has 6 nitrogen and oxygen atoms in total. The SMILES string of the molecule is O=Cc1ccc(C(=O)OCc2nnc(-c3ccc(Br)s3)o2)cc1. The third kappa shape index (κ3) is 3.72. The first kappa shape index (κ1) is 15.6. The monoisotopic (exact) mass is 392 g/mol. The molecular formula is C15H9BrN2O4S. The van der Waals surface area contributed by atoms with Crippen molar-refractivity contribution in [2.45, 2.75) is 6.61 Å². The van der Waals surface area contributed by atoms with Crippen LogP contribution in [0.1, 0.15) is 26.6 Å². The van der Waals surface area contributed by atoms with E-state index in [1.807, 2.05) is 12.1 Å². The highest BCUT2D eigenvalue weighted by Crippen LogP contribution is 2.30. The predicted octanol–water partition coefficient (Wildman–Crippen LogP) is 3.73. The third-order valence-electron chi connectivity index (χ3n) is 2.86. The van der Waals surface area contributed by atoms with Crippen LogP contribution >= 0.6 is 27.3 Å². The summed E-state index contributed by atoms with van der Waals surface area (Å²) in [5.74, 6) is 0.0607. The van der Waals surface area contributed by atoms with Gasteiger partial charge in [0.1, 0.15) is 6.29 Å². The van der Waals surface area contributed by atoms with Crippen molar-refractivity contribution in [3.05, 3.63) is 57.2 Å². The van der Waals surface area contributed by atoms with Crippen LogP contribution in [0.2, 0.25) is 0 Å². The normalized spacial score (nSPS) is 10.5. The minimum Gasteiger partial charge on any atom is -0.452 e. The molecule has 0 amide bonds. The van der Waals surface area contributed by atoms with Crippen LogP contribution in [0.15, 0.2) is 44.6 Å². The van der Waals surface area contributed by atoms with E-state index in [-0.39, 0.29) is 12.5 Å². The van der Waals surface area contributed by atoms with Crippen molar-refractivity contribution in [1.29, 1.82) is 0 Å². The van der Waals surface area contributed by atoms with E-state index in [4.69, 9.17) is 9.15 Å². The molecule has 2 aromatic heterocycles. The second-order valence-electron chi connectivity index (χ2n) is 4.42. The number of aromatic nitrogens is 2. The standard InChI is InChI=1S/C15H9BrN2O4S/c16-12-6-5-11(23-12)14-18-17-13(22-14)8-21-15(20)10-3-1-9(7-19)2-4-10/h1-7H,8H2. The predicted molar refractivity (Wildman–Crippen MR) is 86.3 cm³/mol. The fourth-order valence-electron chi connectivity index (χ4n) is 1.75. The molecule has 0 spiro atoms. The van der Waals surface area contributed by atoms with Gasteiger partial charge >= 0.3 is 5.97 Å². The maximum absolute atomic E-state index is 11.9. The van der Waals surface area contributed by atoms with Crippen LogP contribution in [-0.2, 0) is 11.3 Å². The van der Waals surface area contributed by atoms with Gasteiger partial charge in [-0.1, -0.05) is 12.1 Å². The largest absolute Gasteiger partial charge is 0.452 e. The van der Waals surface area contributed by atoms with Crippen molar-refractivity contribution in [3.8, 4) is 10.8 Å². The van der Waals surface area contributed by atoms with Gasteiger partial charge in [0.25, 0.3) is 11.8 Å².